The SMILES string of the molecule is [Li][C]1([Si](C)(C)NC(C)(C)C)C=C(N2CCCC2)c2ccccc21. The molecule has 0 aromatic heterocycles. The summed E-state index contributed by atoms with van der Waals surface area (Å²) in [7, 11) is -1.73. The van der Waals surface area contributed by atoms with Gasteiger partial charge in [0.15, 0.2) is 0 Å². The van der Waals surface area contributed by atoms with Crippen LogP contribution in [0.1, 0.15) is 44.7 Å². The van der Waals surface area contributed by atoms with Gasteiger partial charge in [0.25, 0.3) is 0 Å². The van der Waals surface area contributed by atoms with Gasteiger partial charge in [-0.2, -0.15) is 0 Å². The number of fused-ring (bicyclic) bond motifs is 1. The van der Waals surface area contributed by atoms with Crippen LogP contribution in [0.15, 0.2) is 30.3 Å². The molecule has 1 aliphatic carbocycles. The van der Waals surface area contributed by atoms with Crippen LogP contribution in [-0.2, 0) is 3.71 Å². The van der Waals surface area contributed by atoms with Crippen molar-refractivity contribution >= 4 is 31.6 Å². The molecule has 0 amide bonds. The van der Waals surface area contributed by atoms with Gasteiger partial charge >= 0.3 is 152 Å². The van der Waals surface area contributed by atoms with Crippen LogP contribution in [0.5, 0.6) is 0 Å². The average molecular weight is 320 g/mol. The number of nitrogens with one attached hydrogen (secondary N) is 1. The molecule has 2 aliphatic rings. The number of likely N-dealkylation sites (tertiary alicyclic amines) is 1. The van der Waals surface area contributed by atoms with Gasteiger partial charge in [-0.25, -0.2) is 0 Å². The fraction of sp³-hybridized carbons (Fsp3) is 0.579. The molecule has 1 heterocycles. The van der Waals surface area contributed by atoms with Crippen molar-refractivity contribution in [3.63, 3.8) is 0 Å². The fourth-order valence-corrected chi connectivity index (χ4v) is 7.92. The Kier molecular flexibility index (Phi) is 4.39. The molecule has 1 fully saturated rings. The van der Waals surface area contributed by atoms with Crippen LogP contribution < -0.4 is 4.98 Å². The van der Waals surface area contributed by atoms with Crippen LogP contribution in [0.3, 0.4) is 0 Å². The van der Waals surface area contributed by atoms with Gasteiger partial charge < -0.3 is 0 Å². The molecule has 2 nitrogen and oxygen atoms in total. The summed E-state index contributed by atoms with van der Waals surface area (Å²) < 4.78 is 0.134. The monoisotopic (exact) mass is 320 g/mol. The molecule has 0 bridgehead atoms. The van der Waals surface area contributed by atoms with Crippen molar-refractivity contribution in [2.45, 2.75) is 56.0 Å². The predicted octanol–water partition coefficient (Wildman–Crippen LogP) is 3.63. The summed E-state index contributed by atoms with van der Waals surface area (Å²) in [4.78, 5) is 6.61. The first-order valence-electron chi connectivity index (χ1n) is 9.01. The maximum absolute atomic E-state index is 4.01. The normalized spacial score (nSPS) is 24.8. The van der Waals surface area contributed by atoms with Crippen molar-refractivity contribution in [3.05, 3.63) is 41.5 Å². The van der Waals surface area contributed by atoms with Crippen molar-refractivity contribution in [1.82, 2.24) is 9.88 Å². The van der Waals surface area contributed by atoms with Crippen molar-refractivity contribution in [1.29, 1.82) is 0 Å². The second kappa shape index (κ2) is 5.81. The van der Waals surface area contributed by atoms with E-state index in [1.54, 1.807) is 0 Å². The molecule has 1 aromatic rings. The summed E-state index contributed by atoms with van der Waals surface area (Å²) >= 11 is 2.46. The van der Waals surface area contributed by atoms with Crippen LogP contribution in [0.25, 0.3) is 5.70 Å². The van der Waals surface area contributed by atoms with E-state index in [-0.39, 0.29) is 9.25 Å². The molecule has 0 saturated carbocycles. The summed E-state index contributed by atoms with van der Waals surface area (Å²) in [6.45, 7) is 14.3. The molecular weight excluding hydrogens is 291 g/mol. The van der Waals surface area contributed by atoms with E-state index in [9.17, 15) is 0 Å². The molecular formula is C19H29LiN2Si. The van der Waals surface area contributed by atoms with Gasteiger partial charge in [-0.3, -0.25) is 0 Å². The van der Waals surface area contributed by atoms with E-state index < -0.39 is 8.24 Å². The summed E-state index contributed by atoms with van der Waals surface area (Å²) in [5, 5.41) is 0. The number of nitrogens with zero attached hydrogens (tertiary/aromatic N) is 1. The van der Waals surface area contributed by atoms with Gasteiger partial charge in [0.2, 0.25) is 0 Å². The first-order chi connectivity index (χ1) is 10.6. The Labute approximate surface area is 152 Å². The standard InChI is InChI=1S/C19H29N2Si.Li/c1-19(2,3)20-22(4,5)18-14-17(21-12-8-9-13-21)15-10-6-7-11-16(15)18;/h6-7,10-11,14,20H,8-9,12-13H2,1-5H3;. The third-order valence-corrected chi connectivity index (χ3v) is 10.0. The zero-order chi connectivity index (χ0) is 16.9. The molecule has 1 N–H and O–H groups in total. The van der Waals surface area contributed by atoms with E-state index in [1.165, 1.54) is 42.8 Å². The topological polar surface area (TPSA) is 15.3 Å². The molecule has 1 atom stereocenters. The molecule has 1 aliphatic heterocycles. The Morgan fingerprint density at radius 2 is 1.74 bits per heavy atom. The molecule has 1 saturated heterocycles. The van der Waals surface area contributed by atoms with Crippen LogP contribution in [0, 0.1) is 0 Å². The fourth-order valence-electron chi connectivity index (χ4n) is 4.39. The van der Waals surface area contributed by atoms with Gasteiger partial charge in [0, 0.05) is 0 Å². The quantitative estimate of drug-likeness (QED) is 0.856. The zero-order valence-corrected chi connectivity index (χ0v) is 16.7. The second-order valence-electron chi connectivity index (χ2n) is 8.97. The number of benzene rings is 1. The van der Waals surface area contributed by atoms with E-state index in [4.69, 9.17) is 0 Å². The summed E-state index contributed by atoms with van der Waals surface area (Å²) in [5.74, 6) is 0. The van der Waals surface area contributed by atoms with Crippen LogP contribution in [0.4, 0.5) is 0 Å². The van der Waals surface area contributed by atoms with E-state index in [0.717, 1.165) is 0 Å². The van der Waals surface area contributed by atoms with E-state index in [1.807, 2.05) is 0 Å². The Morgan fingerprint density at radius 3 is 2.35 bits per heavy atom. The minimum atomic E-state index is -1.73. The number of allylic oxidation sites excluding steroid dienone is 1. The summed E-state index contributed by atoms with van der Waals surface area (Å²) in [6.07, 6.45) is 5.25. The van der Waals surface area contributed by atoms with E-state index >= 15 is 0 Å². The van der Waals surface area contributed by atoms with Crippen LogP contribution in [0.2, 0.25) is 13.1 Å². The molecule has 120 valence electrons. The Hall–Kier alpha value is -0.466. The molecule has 23 heavy (non-hydrogen) atoms. The third-order valence-electron chi connectivity index (χ3n) is 5.62. The van der Waals surface area contributed by atoms with Crippen molar-refractivity contribution in [2.75, 3.05) is 13.1 Å². The van der Waals surface area contributed by atoms with Gasteiger partial charge in [-0.15, -0.1) is 0 Å². The van der Waals surface area contributed by atoms with Crippen LogP contribution >= 0.6 is 0 Å². The maximum atomic E-state index is 4.01. The molecule has 1 aromatic carbocycles. The Bertz CT molecular complexity index is 627. The van der Waals surface area contributed by atoms with Gasteiger partial charge in [0.05, 0.1) is 0 Å². The van der Waals surface area contributed by atoms with Crippen LogP contribution in [-0.4, -0.2) is 49.5 Å². The molecule has 3 rings (SSSR count). The average Bonchev–Trinajstić information content (AvgIpc) is 3.04. The Morgan fingerprint density at radius 1 is 1.13 bits per heavy atom. The van der Waals surface area contributed by atoms with Crippen molar-refractivity contribution in [2.24, 2.45) is 0 Å². The van der Waals surface area contributed by atoms with Gasteiger partial charge in [-0.1, -0.05) is 0 Å². The number of hydrogen-bond acceptors (Lipinski definition) is 2. The number of hydrogen-bond donors (Lipinski definition) is 1. The van der Waals surface area contributed by atoms with E-state index in [0.29, 0.717) is 0 Å². The third kappa shape index (κ3) is 3.09. The zero-order valence-electron chi connectivity index (χ0n) is 15.7. The second-order valence-corrected chi connectivity index (χ2v) is 13.5. The molecule has 0 radical (unpaired) electrons. The van der Waals surface area contributed by atoms with Gasteiger partial charge in [-0.05, 0) is 0 Å². The summed E-state index contributed by atoms with van der Waals surface area (Å²) in [6, 6.07) is 9.08. The minimum absolute atomic E-state index is 0.134. The number of rotatable bonds is 3. The Balaban J connectivity index is 2.07. The first-order valence-corrected chi connectivity index (χ1v) is 12.0. The summed E-state index contributed by atoms with van der Waals surface area (Å²) in [5.41, 5.74) is 4.62. The van der Waals surface area contributed by atoms with Gasteiger partial charge in [0.1, 0.15) is 0 Å². The van der Waals surface area contributed by atoms with Crippen molar-refractivity contribution < 1.29 is 0 Å². The molecule has 0 spiro atoms. The van der Waals surface area contributed by atoms with E-state index in [2.05, 4.69) is 91.8 Å². The first kappa shape index (κ1) is 17.4. The molecule has 1 unspecified atom stereocenters. The van der Waals surface area contributed by atoms with Crippen molar-refractivity contribution in [3.8, 4) is 0 Å². The predicted molar refractivity (Wildman–Crippen MR) is 103 cm³/mol. The molecule has 4 heteroatoms.